The van der Waals surface area contributed by atoms with Crippen LogP contribution in [0.25, 0.3) is 0 Å². The molecule has 16 heavy (non-hydrogen) atoms. The van der Waals surface area contributed by atoms with E-state index in [0.717, 1.165) is 17.3 Å². The molecule has 0 radical (unpaired) electrons. The van der Waals surface area contributed by atoms with Crippen LogP contribution in [0.15, 0.2) is 16.9 Å². The molecule has 0 amide bonds. The molecule has 1 rings (SSSR count). The average Bonchev–Trinajstić information content (AvgIpc) is 2.31. The molecule has 0 aliphatic rings. The largest absolute Gasteiger partial charge is 0.395 e. The lowest BCUT2D eigenvalue weighted by Crippen LogP contribution is -2.38. The van der Waals surface area contributed by atoms with Gasteiger partial charge in [-0.1, -0.05) is 13.8 Å². The summed E-state index contributed by atoms with van der Waals surface area (Å²) in [5, 5.41) is 9.09. The van der Waals surface area contributed by atoms with Gasteiger partial charge in [0.2, 0.25) is 5.95 Å². The molecule has 0 unspecified atom stereocenters. The highest BCUT2D eigenvalue weighted by molar-refractivity contribution is 9.10. The summed E-state index contributed by atoms with van der Waals surface area (Å²) >= 11 is 3.31. The first kappa shape index (κ1) is 13.4. The third-order valence-electron chi connectivity index (χ3n) is 2.59. The van der Waals surface area contributed by atoms with Gasteiger partial charge in [0.25, 0.3) is 0 Å². The van der Waals surface area contributed by atoms with Crippen molar-refractivity contribution in [3.63, 3.8) is 0 Å². The van der Waals surface area contributed by atoms with Crippen molar-refractivity contribution >= 4 is 21.9 Å². The Morgan fingerprint density at radius 1 is 1.31 bits per heavy atom. The van der Waals surface area contributed by atoms with E-state index in [1.807, 2.05) is 0 Å². The molecule has 0 saturated carbocycles. The maximum absolute atomic E-state index is 9.09. The van der Waals surface area contributed by atoms with Gasteiger partial charge in [-0.2, -0.15) is 0 Å². The molecule has 0 aliphatic heterocycles. The van der Waals surface area contributed by atoms with Crippen LogP contribution in [0, 0.1) is 0 Å². The van der Waals surface area contributed by atoms with Crippen LogP contribution in [-0.4, -0.2) is 34.3 Å². The number of rotatable bonds is 6. The zero-order valence-electron chi connectivity index (χ0n) is 9.73. The fraction of sp³-hybridized carbons (Fsp3) is 0.636. The second kappa shape index (κ2) is 6.81. The van der Waals surface area contributed by atoms with E-state index in [1.165, 1.54) is 0 Å². The zero-order chi connectivity index (χ0) is 12.0. The van der Waals surface area contributed by atoms with E-state index < -0.39 is 0 Å². The minimum absolute atomic E-state index is 0.121. The standard InChI is InChI=1S/C11H18BrN3O/c1-3-10(4-2)15(5-6-16)11-13-7-9(12)8-14-11/h7-8,10,16H,3-6H2,1-2H3. The number of aromatic nitrogens is 2. The van der Waals surface area contributed by atoms with E-state index in [1.54, 1.807) is 12.4 Å². The predicted octanol–water partition coefficient (Wildman–Crippen LogP) is 2.23. The monoisotopic (exact) mass is 287 g/mol. The van der Waals surface area contributed by atoms with Crippen LogP contribution < -0.4 is 4.90 Å². The van der Waals surface area contributed by atoms with E-state index in [-0.39, 0.29) is 6.61 Å². The highest BCUT2D eigenvalue weighted by atomic mass is 79.9. The first-order chi connectivity index (χ1) is 7.72. The number of halogens is 1. The molecule has 1 aromatic rings. The third-order valence-corrected chi connectivity index (χ3v) is 3.00. The second-order valence-corrected chi connectivity index (χ2v) is 4.50. The minimum atomic E-state index is 0.121. The van der Waals surface area contributed by atoms with Gasteiger partial charge in [-0.05, 0) is 28.8 Å². The Morgan fingerprint density at radius 3 is 2.31 bits per heavy atom. The highest BCUT2D eigenvalue weighted by Gasteiger charge is 2.17. The Bertz CT molecular complexity index is 301. The summed E-state index contributed by atoms with van der Waals surface area (Å²) in [6.07, 6.45) is 5.51. The predicted molar refractivity (Wildman–Crippen MR) is 68.5 cm³/mol. The summed E-state index contributed by atoms with van der Waals surface area (Å²) in [6, 6.07) is 0.383. The van der Waals surface area contributed by atoms with Crippen molar-refractivity contribution in [3.05, 3.63) is 16.9 Å². The zero-order valence-corrected chi connectivity index (χ0v) is 11.3. The smallest absolute Gasteiger partial charge is 0.225 e. The normalized spacial score (nSPS) is 10.8. The van der Waals surface area contributed by atoms with Crippen molar-refractivity contribution in [2.45, 2.75) is 32.7 Å². The van der Waals surface area contributed by atoms with E-state index >= 15 is 0 Å². The maximum atomic E-state index is 9.09. The van der Waals surface area contributed by atoms with Crippen LogP contribution in [0.4, 0.5) is 5.95 Å². The Balaban J connectivity index is 2.87. The molecule has 1 aromatic heterocycles. The minimum Gasteiger partial charge on any atom is -0.395 e. The molecule has 0 fully saturated rings. The first-order valence-corrected chi connectivity index (χ1v) is 6.37. The summed E-state index contributed by atoms with van der Waals surface area (Å²) in [4.78, 5) is 10.6. The lowest BCUT2D eigenvalue weighted by Gasteiger charge is -2.29. The number of anilines is 1. The Hall–Kier alpha value is -0.680. The van der Waals surface area contributed by atoms with Crippen LogP contribution >= 0.6 is 15.9 Å². The summed E-state index contributed by atoms with van der Waals surface area (Å²) in [7, 11) is 0. The van der Waals surface area contributed by atoms with Gasteiger partial charge in [0.05, 0.1) is 11.1 Å². The lowest BCUT2D eigenvalue weighted by atomic mass is 10.1. The number of nitrogens with zero attached hydrogens (tertiary/aromatic N) is 3. The summed E-state index contributed by atoms with van der Waals surface area (Å²) in [6.45, 7) is 4.97. The SMILES string of the molecule is CCC(CC)N(CCO)c1ncc(Br)cn1. The molecule has 0 aromatic carbocycles. The van der Waals surface area contributed by atoms with Crippen LogP contribution in [0.3, 0.4) is 0 Å². The van der Waals surface area contributed by atoms with Gasteiger partial charge >= 0.3 is 0 Å². The van der Waals surface area contributed by atoms with Crippen molar-refractivity contribution < 1.29 is 5.11 Å². The molecule has 1 heterocycles. The molecule has 1 N–H and O–H groups in total. The van der Waals surface area contributed by atoms with Crippen LogP contribution in [0.1, 0.15) is 26.7 Å². The molecule has 4 nitrogen and oxygen atoms in total. The number of aliphatic hydroxyl groups is 1. The molecule has 0 atom stereocenters. The molecule has 5 heteroatoms. The third kappa shape index (κ3) is 3.42. The van der Waals surface area contributed by atoms with Gasteiger partial charge in [0.1, 0.15) is 0 Å². The Morgan fingerprint density at radius 2 is 1.88 bits per heavy atom. The molecule has 0 spiro atoms. The quantitative estimate of drug-likeness (QED) is 0.872. The fourth-order valence-electron chi connectivity index (χ4n) is 1.74. The fourth-order valence-corrected chi connectivity index (χ4v) is 1.94. The van der Waals surface area contributed by atoms with Crippen molar-refractivity contribution in [2.75, 3.05) is 18.1 Å². The van der Waals surface area contributed by atoms with E-state index in [9.17, 15) is 0 Å². The lowest BCUT2D eigenvalue weighted by molar-refractivity contribution is 0.295. The van der Waals surface area contributed by atoms with Gasteiger partial charge < -0.3 is 10.0 Å². The van der Waals surface area contributed by atoms with E-state index in [4.69, 9.17) is 5.11 Å². The number of hydrogen-bond acceptors (Lipinski definition) is 4. The van der Waals surface area contributed by atoms with Gasteiger partial charge in [-0.25, -0.2) is 9.97 Å². The Kier molecular flexibility index (Phi) is 5.69. The average molecular weight is 288 g/mol. The Labute approximate surface area is 105 Å². The van der Waals surface area contributed by atoms with Crippen LogP contribution in [0.2, 0.25) is 0 Å². The molecule has 90 valence electrons. The van der Waals surface area contributed by atoms with E-state index in [2.05, 4.69) is 44.6 Å². The van der Waals surface area contributed by atoms with Gasteiger partial charge in [-0.3, -0.25) is 0 Å². The number of aliphatic hydroxyl groups excluding tert-OH is 1. The maximum Gasteiger partial charge on any atom is 0.225 e. The van der Waals surface area contributed by atoms with Crippen molar-refractivity contribution in [1.82, 2.24) is 9.97 Å². The van der Waals surface area contributed by atoms with Crippen molar-refractivity contribution in [1.29, 1.82) is 0 Å². The molecule has 0 saturated heterocycles. The van der Waals surface area contributed by atoms with Crippen molar-refractivity contribution in [3.8, 4) is 0 Å². The van der Waals surface area contributed by atoms with Gasteiger partial charge in [0, 0.05) is 25.0 Å². The number of hydrogen-bond donors (Lipinski definition) is 1. The van der Waals surface area contributed by atoms with Crippen LogP contribution in [0.5, 0.6) is 0 Å². The summed E-state index contributed by atoms with van der Waals surface area (Å²) in [5.74, 6) is 0.686. The molecular formula is C11H18BrN3O. The van der Waals surface area contributed by atoms with Gasteiger partial charge in [0.15, 0.2) is 0 Å². The second-order valence-electron chi connectivity index (χ2n) is 3.59. The molecule has 0 aliphatic carbocycles. The first-order valence-electron chi connectivity index (χ1n) is 5.57. The summed E-state index contributed by atoms with van der Waals surface area (Å²) in [5.41, 5.74) is 0. The van der Waals surface area contributed by atoms with Gasteiger partial charge in [-0.15, -0.1) is 0 Å². The topological polar surface area (TPSA) is 49.2 Å². The summed E-state index contributed by atoms with van der Waals surface area (Å²) < 4.78 is 0.866. The van der Waals surface area contributed by atoms with E-state index in [0.29, 0.717) is 18.5 Å². The molecular weight excluding hydrogens is 270 g/mol. The highest BCUT2D eigenvalue weighted by Crippen LogP contribution is 2.16. The van der Waals surface area contributed by atoms with Crippen molar-refractivity contribution in [2.24, 2.45) is 0 Å². The van der Waals surface area contributed by atoms with Crippen LogP contribution in [-0.2, 0) is 0 Å². The molecule has 0 bridgehead atoms.